The molecule has 2 aliphatic rings. The van der Waals surface area contributed by atoms with E-state index in [0.29, 0.717) is 36.5 Å². The minimum atomic E-state index is -3.97. The number of hydrogen-bond acceptors (Lipinski definition) is 8. The Labute approximate surface area is 221 Å². The molecule has 38 heavy (non-hydrogen) atoms. The lowest BCUT2D eigenvalue weighted by molar-refractivity contribution is -0.231. The van der Waals surface area contributed by atoms with Crippen LogP contribution in [0.15, 0.2) is 22.6 Å². The van der Waals surface area contributed by atoms with Crippen LogP contribution in [0, 0.1) is 10.8 Å². The second-order valence-electron chi connectivity index (χ2n) is 12.0. The standard InChI is InChI=1S/C27H37F2N3O6/c1-24(2)14-25(3,4)16-26(34,15-24)27(28,29)23(33)32-11-7-8-18(32)22-31-30-21(38-22)13-37-17-9-10-19(35-5)20(12-17)36-6/h9-10,12,18,34H,7-8,11,13-16H2,1-6H3/t18-/m0/s1. The van der Waals surface area contributed by atoms with Crippen LogP contribution in [0.3, 0.4) is 0 Å². The van der Waals surface area contributed by atoms with Crippen molar-refractivity contribution in [1.29, 1.82) is 0 Å². The first-order chi connectivity index (χ1) is 17.7. The Kier molecular flexibility index (Phi) is 7.37. The molecule has 9 nitrogen and oxygen atoms in total. The Balaban J connectivity index is 1.48. The van der Waals surface area contributed by atoms with Crippen molar-refractivity contribution >= 4 is 5.91 Å². The van der Waals surface area contributed by atoms with E-state index in [1.165, 1.54) is 14.2 Å². The monoisotopic (exact) mass is 537 g/mol. The van der Waals surface area contributed by atoms with Gasteiger partial charge in [0.25, 0.3) is 11.8 Å². The Bertz CT molecular complexity index is 1150. The highest BCUT2D eigenvalue weighted by Crippen LogP contribution is 2.55. The van der Waals surface area contributed by atoms with Crippen LogP contribution < -0.4 is 14.2 Å². The summed E-state index contributed by atoms with van der Waals surface area (Å²) in [5.41, 5.74) is -3.53. The van der Waals surface area contributed by atoms with Crippen molar-refractivity contribution in [1.82, 2.24) is 15.1 Å². The summed E-state index contributed by atoms with van der Waals surface area (Å²) in [7, 11) is 3.04. The maximum Gasteiger partial charge on any atom is 0.352 e. The van der Waals surface area contributed by atoms with E-state index in [4.69, 9.17) is 18.6 Å². The molecule has 0 radical (unpaired) electrons. The van der Waals surface area contributed by atoms with Crippen LogP contribution in [-0.4, -0.2) is 58.4 Å². The number of amides is 1. The summed E-state index contributed by atoms with van der Waals surface area (Å²) in [6.45, 7) is 7.44. The van der Waals surface area contributed by atoms with Gasteiger partial charge in [0.15, 0.2) is 18.1 Å². The average molecular weight is 538 g/mol. The lowest BCUT2D eigenvalue weighted by Crippen LogP contribution is -2.62. The number of carbonyl (C=O) groups excluding carboxylic acids is 1. The predicted octanol–water partition coefficient (Wildman–Crippen LogP) is 4.93. The highest BCUT2D eigenvalue weighted by atomic mass is 19.3. The van der Waals surface area contributed by atoms with Gasteiger partial charge in [0.1, 0.15) is 17.4 Å². The summed E-state index contributed by atoms with van der Waals surface area (Å²) in [5.74, 6) is -3.66. The molecule has 1 aliphatic heterocycles. The molecule has 2 fully saturated rings. The van der Waals surface area contributed by atoms with Gasteiger partial charge < -0.3 is 28.6 Å². The molecule has 1 atom stereocenters. The number of likely N-dealkylation sites (tertiary alicyclic amines) is 1. The first-order valence-electron chi connectivity index (χ1n) is 12.8. The van der Waals surface area contributed by atoms with Crippen molar-refractivity contribution in [3.8, 4) is 17.2 Å². The van der Waals surface area contributed by atoms with Gasteiger partial charge in [-0.3, -0.25) is 4.79 Å². The smallest absolute Gasteiger partial charge is 0.352 e. The Morgan fingerprint density at radius 3 is 2.39 bits per heavy atom. The number of alkyl halides is 2. The van der Waals surface area contributed by atoms with Crippen molar-refractivity contribution in [3.63, 3.8) is 0 Å². The van der Waals surface area contributed by atoms with E-state index in [2.05, 4.69) is 10.2 Å². The first kappa shape index (κ1) is 28.1. The van der Waals surface area contributed by atoms with Crippen LogP contribution in [0.5, 0.6) is 17.2 Å². The zero-order chi connectivity index (χ0) is 27.9. The summed E-state index contributed by atoms with van der Waals surface area (Å²) in [6.07, 6.45) is 1.24. The van der Waals surface area contributed by atoms with Crippen molar-refractivity contribution in [2.45, 2.75) is 84.0 Å². The molecule has 210 valence electrons. The molecule has 2 aromatic rings. The van der Waals surface area contributed by atoms with Gasteiger partial charge in [-0.1, -0.05) is 27.7 Å². The zero-order valence-electron chi connectivity index (χ0n) is 22.8. The van der Waals surface area contributed by atoms with Gasteiger partial charge in [0.05, 0.1) is 14.2 Å². The summed E-state index contributed by atoms with van der Waals surface area (Å²) in [4.78, 5) is 14.4. The minimum Gasteiger partial charge on any atom is -0.493 e. The zero-order valence-corrected chi connectivity index (χ0v) is 22.8. The van der Waals surface area contributed by atoms with Crippen LogP contribution >= 0.6 is 0 Å². The number of aromatic nitrogens is 2. The van der Waals surface area contributed by atoms with Crippen molar-refractivity contribution in [2.24, 2.45) is 10.8 Å². The van der Waals surface area contributed by atoms with Gasteiger partial charge in [-0.25, -0.2) is 0 Å². The number of nitrogens with zero attached hydrogens (tertiary/aromatic N) is 3. The van der Waals surface area contributed by atoms with Crippen LogP contribution in [0.25, 0.3) is 0 Å². The van der Waals surface area contributed by atoms with Gasteiger partial charge in [-0.2, -0.15) is 8.78 Å². The maximum absolute atomic E-state index is 15.8. The quantitative estimate of drug-likeness (QED) is 0.505. The van der Waals surface area contributed by atoms with Crippen molar-refractivity contribution in [3.05, 3.63) is 30.0 Å². The maximum atomic E-state index is 15.8. The van der Waals surface area contributed by atoms with E-state index in [0.717, 1.165) is 4.90 Å². The van der Waals surface area contributed by atoms with Gasteiger partial charge in [-0.05, 0) is 55.1 Å². The largest absolute Gasteiger partial charge is 0.493 e. The minimum absolute atomic E-state index is 0.0638. The Morgan fingerprint density at radius 1 is 1.11 bits per heavy atom. The third-order valence-corrected chi connectivity index (χ3v) is 7.35. The van der Waals surface area contributed by atoms with E-state index in [9.17, 15) is 9.90 Å². The number of methoxy groups -OCH3 is 2. The van der Waals surface area contributed by atoms with Crippen molar-refractivity contribution < 1.29 is 37.3 Å². The molecule has 1 aromatic heterocycles. The fraction of sp³-hybridized carbons (Fsp3) is 0.667. The summed E-state index contributed by atoms with van der Waals surface area (Å²) >= 11 is 0. The van der Waals surface area contributed by atoms with Gasteiger partial charge >= 0.3 is 5.92 Å². The highest BCUT2D eigenvalue weighted by Gasteiger charge is 2.65. The van der Waals surface area contributed by atoms with Gasteiger partial charge in [0.2, 0.25) is 5.89 Å². The third kappa shape index (κ3) is 5.43. The topological polar surface area (TPSA) is 107 Å². The van der Waals surface area contributed by atoms with Crippen molar-refractivity contribution in [2.75, 3.05) is 20.8 Å². The summed E-state index contributed by atoms with van der Waals surface area (Å²) in [5, 5.41) is 19.2. The highest BCUT2D eigenvalue weighted by molar-refractivity contribution is 5.85. The van der Waals surface area contributed by atoms with E-state index in [-0.39, 0.29) is 37.8 Å². The number of carbonyl (C=O) groups is 1. The number of halogens is 2. The molecule has 2 heterocycles. The van der Waals surface area contributed by atoms with Crippen LogP contribution in [-0.2, 0) is 11.4 Å². The van der Waals surface area contributed by atoms with E-state index in [1.54, 1.807) is 18.2 Å². The predicted molar refractivity (Wildman–Crippen MR) is 133 cm³/mol. The second-order valence-corrected chi connectivity index (χ2v) is 12.0. The molecule has 1 aromatic carbocycles. The number of hydrogen-bond donors (Lipinski definition) is 1. The van der Waals surface area contributed by atoms with E-state index in [1.807, 2.05) is 27.7 Å². The van der Waals surface area contributed by atoms with E-state index >= 15 is 8.78 Å². The Morgan fingerprint density at radius 2 is 1.76 bits per heavy atom. The SMILES string of the molecule is COc1ccc(OCc2nnc([C@@H]3CCCN3C(=O)C(F)(F)C3(O)CC(C)(C)CC(C)(C)C3)o2)cc1OC. The molecule has 0 unspecified atom stereocenters. The van der Waals surface area contributed by atoms with Crippen LogP contribution in [0.2, 0.25) is 0 Å². The third-order valence-electron chi connectivity index (χ3n) is 7.35. The molecule has 0 bridgehead atoms. The molecular formula is C27H37F2N3O6. The molecule has 4 rings (SSSR count). The molecular weight excluding hydrogens is 500 g/mol. The first-order valence-corrected chi connectivity index (χ1v) is 12.8. The molecule has 1 saturated carbocycles. The molecule has 1 saturated heterocycles. The van der Waals surface area contributed by atoms with Crippen LogP contribution in [0.4, 0.5) is 8.78 Å². The number of aliphatic hydroxyl groups is 1. The average Bonchev–Trinajstić information content (AvgIpc) is 3.49. The number of benzene rings is 1. The number of ether oxygens (including phenoxy) is 3. The molecule has 11 heteroatoms. The molecule has 0 spiro atoms. The fourth-order valence-corrected chi connectivity index (χ4v) is 6.45. The molecule has 1 amide bonds. The molecule has 1 aliphatic carbocycles. The van der Waals surface area contributed by atoms with Gasteiger partial charge in [0, 0.05) is 12.6 Å². The Hall–Kier alpha value is -2.95. The fourth-order valence-electron chi connectivity index (χ4n) is 6.45. The summed E-state index contributed by atoms with van der Waals surface area (Å²) in [6, 6.07) is 4.23. The second kappa shape index (κ2) is 9.98. The van der Waals surface area contributed by atoms with E-state index < -0.39 is 34.3 Å². The van der Waals surface area contributed by atoms with Gasteiger partial charge in [-0.15, -0.1) is 10.2 Å². The van der Waals surface area contributed by atoms with Crippen LogP contribution in [0.1, 0.15) is 77.6 Å². The normalized spacial score (nSPS) is 22.2. The lowest BCUT2D eigenvalue weighted by Gasteiger charge is -2.51. The molecule has 1 N–H and O–H groups in total. The number of rotatable bonds is 8. The summed E-state index contributed by atoms with van der Waals surface area (Å²) < 4.78 is 53.5. The lowest BCUT2D eigenvalue weighted by atomic mass is 9.58.